The number of halogens is 3. The van der Waals surface area contributed by atoms with E-state index in [2.05, 4.69) is 15.2 Å². The van der Waals surface area contributed by atoms with E-state index in [0.717, 1.165) is 38.4 Å². The summed E-state index contributed by atoms with van der Waals surface area (Å²) >= 11 is 0. The molecule has 0 aromatic carbocycles. The van der Waals surface area contributed by atoms with Crippen LogP contribution in [0.2, 0.25) is 0 Å². The molecule has 3 heterocycles. The highest BCUT2D eigenvalue weighted by atomic mass is 19.4. The van der Waals surface area contributed by atoms with Gasteiger partial charge in [-0.2, -0.15) is 13.2 Å². The summed E-state index contributed by atoms with van der Waals surface area (Å²) in [6.45, 7) is 2.04. The summed E-state index contributed by atoms with van der Waals surface area (Å²) in [6, 6.07) is 2.84. The van der Waals surface area contributed by atoms with E-state index >= 15 is 0 Å². The molecule has 0 bridgehead atoms. The molecule has 0 amide bonds. The molecule has 1 aromatic rings. The lowest BCUT2D eigenvalue weighted by atomic mass is 9.99. The number of nitrogens with one attached hydrogen (secondary N) is 1. The summed E-state index contributed by atoms with van der Waals surface area (Å²) in [6.07, 6.45) is 1.35. The Morgan fingerprint density at radius 2 is 2.05 bits per heavy atom. The lowest BCUT2D eigenvalue weighted by Crippen LogP contribution is -2.42. The van der Waals surface area contributed by atoms with Crippen molar-refractivity contribution in [3.63, 3.8) is 0 Å². The second kappa shape index (κ2) is 5.24. The van der Waals surface area contributed by atoms with Gasteiger partial charge in [-0.25, -0.2) is 4.98 Å². The molecule has 2 atom stereocenters. The van der Waals surface area contributed by atoms with E-state index in [1.165, 1.54) is 18.7 Å². The summed E-state index contributed by atoms with van der Waals surface area (Å²) in [5, 5.41) is 3.04. The van der Waals surface area contributed by atoms with Crippen LogP contribution in [0.3, 0.4) is 0 Å². The number of hydrogen-bond acceptors (Lipinski definition) is 3. The third-order valence-corrected chi connectivity index (χ3v) is 4.29. The Balaban J connectivity index is 1.78. The Morgan fingerprint density at radius 1 is 1.20 bits per heavy atom. The Bertz CT molecular complexity index is 475. The molecule has 0 saturated carbocycles. The standard InChI is InChI=1S/C14H18F3N3/c15-14(16,17)10-4-3-7-18-13(10)19-11-6-9-20-8-2-1-5-12(11)20/h3-4,7,11-12H,1-2,5-6,8-9H2,(H,18,19). The van der Waals surface area contributed by atoms with Gasteiger partial charge in [-0.1, -0.05) is 6.42 Å². The molecular weight excluding hydrogens is 267 g/mol. The van der Waals surface area contributed by atoms with Crippen molar-refractivity contribution in [2.45, 2.75) is 43.9 Å². The van der Waals surface area contributed by atoms with Crippen LogP contribution in [0.5, 0.6) is 0 Å². The Morgan fingerprint density at radius 3 is 2.85 bits per heavy atom. The van der Waals surface area contributed by atoms with Crippen LogP contribution in [0.15, 0.2) is 18.3 Å². The predicted molar refractivity (Wildman–Crippen MR) is 70.5 cm³/mol. The molecule has 2 aliphatic rings. The summed E-state index contributed by atoms with van der Waals surface area (Å²) in [5.41, 5.74) is -0.672. The fourth-order valence-electron chi connectivity index (χ4n) is 3.34. The molecule has 1 aromatic heterocycles. The van der Waals surface area contributed by atoms with Gasteiger partial charge in [-0.3, -0.25) is 4.90 Å². The summed E-state index contributed by atoms with van der Waals surface area (Å²) in [7, 11) is 0. The zero-order valence-corrected chi connectivity index (χ0v) is 11.2. The first-order valence-electron chi connectivity index (χ1n) is 7.08. The van der Waals surface area contributed by atoms with Crippen molar-refractivity contribution in [1.82, 2.24) is 9.88 Å². The molecule has 0 spiro atoms. The predicted octanol–water partition coefficient (Wildman–Crippen LogP) is 3.14. The van der Waals surface area contributed by atoms with Crippen LogP contribution in [0.1, 0.15) is 31.2 Å². The monoisotopic (exact) mass is 285 g/mol. The zero-order valence-electron chi connectivity index (χ0n) is 11.2. The molecule has 2 saturated heterocycles. The van der Waals surface area contributed by atoms with Gasteiger partial charge in [0, 0.05) is 24.8 Å². The Kier molecular flexibility index (Phi) is 3.58. The van der Waals surface area contributed by atoms with E-state index in [4.69, 9.17) is 0 Å². The maximum Gasteiger partial charge on any atom is 0.419 e. The van der Waals surface area contributed by atoms with Gasteiger partial charge in [0.15, 0.2) is 0 Å². The number of nitrogens with zero attached hydrogens (tertiary/aromatic N) is 2. The molecule has 3 rings (SSSR count). The average Bonchev–Trinajstić information content (AvgIpc) is 2.82. The molecule has 0 aliphatic carbocycles. The molecule has 110 valence electrons. The van der Waals surface area contributed by atoms with Crippen molar-refractivity contribution < 1.29 is 13.2 Å². The number of aromatic nitrogens is 1. The minimum absolute atomic E-state index is 0.0302. The van der Waals surface area contributed by atoms with Crippen LogP contribution in [-0.4, -0.2) is 35.1 Å². The third kappa shape index (κ3) is 2.61. The first-order valence-corrected chi connectivity index (χ1v) is 7.08. The number of hydrogen-bond donors (Lipinski definition) is 1. The number of alkyl halides is 3. The van der Waals surface area contributed by atoms with Crippen LogP contribution in [0.4, 0.5) is 19.0 Å². The van der Waals surface area contributed by atoms with Gasteiger partial charge in [-0.15, -0.1) is 0 Å². The van der Waals surface area contributed by atoms with Gasteiger partial charge in [0.1, 0.15) is 5.82 Å². The van der Waals surface area contributed by atoms with Gasteiger partial charge >= 0.3 is 6.18 Å². The van der Waals surface area contributed by atoms with E-state index < -0.39 is 11.7 Å². The van der Waals surface area contributed by atoms with Crippen LogP contribution in [-0.2, 0) is 6.18 Å². The molecule has 3 nitrogen and oxygen atoms in total. The topological polar surface area (TPSA) is 28.2 Å². The Hall–Kier alpha value is -1.30. The maximum atomic E-state index is 13.0. The first-order chi connectivity index (χ1) is 9.55. The van der Waals surface area contributed by atoms with E-state index in [1.807, 2.05) is 0 Å². The first kappa shape index (κ1) is 13.7. The second-order valence-electron chi connectivity index (χ2n) is 5.54. The van der Waals surface area contributed by atoms with Crippen LogP contribution in [0, 0.1) is 0 Å². The van der Waals surface area contributed by atoms with Crippen molar-refractivity contribution in [2.75, 3.05) is 18.4 Å². The second-order valence-corrected chi connectivity index (χ2v) is 5.54. The number of anilines is 1. The number of pyridine rings is 1. The normalized spacial score (nSPS) is 27.4. The summed E-state index contributed by atoms with van der Waals surface area (Å²) in [5.74, 6) is -0.0302. The minimum atomic E-state index is -4.36. The van der Waals surface area contributed by atoms with E-state index in [-0.39, 0.29) is 11.9 Å². The number of piperidine rings is 1. The molecule has 0 radical (unpaired) electrons. The molecule has 2 fully saturated rings. The lowest BCUT2D eigenvalue weighted by Gasteiger charge is -2.33. The van der Waals surface area contributed by atoms with Crippen molar-refractivity contribution in [1.29, 1.82) is 0 Å². The van der Waals surface area contributed by atoms with Crippen LogP contribution < -0.4 is 5.32 Å². The average molecular weight is 285 g/mol. The molecular formula is C14H18F3N3. The van der Waals surface area contributed by atoms with Gasteiger partial charge in [-0.05, 0) is 37.9 Å². The highest BCUT2D eigenvalue weighted by molar-refractivity contribution is 5.46. The van der Waals surface area contributed by atoms with Gasteiger partial charge in [0.2, 0.25) is 0 Å². The molecule has 6 heteroatoms. The molecule has 20 heavy (non-hydrogen) atoms. The van der Waals surface area contributed by atoms with Crippen molar-refractivity contribution >= 4 is 5.82 Å². The van der Waals surface area contributed by atoms with Crippen LogP contribution in [0.25, 0.3) is 0 Å². The smallest absolute Gasteiger partial charge is 0.365 e. The fraction of sp³-hybridized carbons (Fsp3) is 0.643. The largest absolute Gasteiger partial charge is 0.419 e. The molecule has 2 aliphatic heterocycles. The van der Waals surface area contributed by atoms with Crippen molar-refractivity contribution in [3.05, 3.63) is 23.9 Å². The highest BCUT2D eigenvalue weighted by Gasteiger charge is 2.38. The fourth-order valence-corrected chi connectivity index (χ4v) is 3.34. The molecule has 2 unspecified atom stereocenters. The summed E-state index contributed by atoms with van der Waals surface area (Å²) < 4.78 is 38.9. The van der Waals surface area contributed by atoms with E-state index in [0.29, 0.717) is 6.04 Å². The SMILES string of the molecule is FC(F)(F)c1cccnc1NC1CCN2CCCCC12. The minimum Gasteiger partial charge on any atom is -0.365 e. The van der Waals surface area contributed by atoms with Crippen molar-refractivity contribution in [3.8, 4) is 0 Å². The van der Waals surface area contributed by atoms with Gasteiger partial charge < -0.3 is 5.32 Å². The van der Waals surface area contributed by atoms with E-state index in [9.17, 15) is 13.2 Å². The lowest BCUT2D eigenvalue weighted by molar-refractivity contribution is -0.137. The van der Waals surface area contributed by atoms with Gasteiger partial charge in [0.25, 0.3) is 0 Å². The van der Waals surface area contributed by atoms with Crippen LogP contribution >= 0.6 is 0 Å². The number of rotatable bonds is 2. The zero-order chi connectivity index (χ0) is 14.2. The highest BCUT2D eigenvalue weighted by Crippen LogP contribution is 2.35. The quantitative estimate of drug-likeness (QED) is 0.905. The van der Waals surface area contributed by atoms with Gasteiger partial charge in [0.05, 0.1) is 5.56 Å². The van der Waals surface area contributed by atoms with E-state index in [1.54, 1.807) is 0 Å². The maximum absolute atomic E-state index is 13.0. The third-order valence-electron chi connectivity index (χ3n) is 4.29. The van der Waals surface area contributed by atoms with Crippen molar-refractivity contribution in [2.24, 2.45) is 0 Å². The molecule has 1 N–H and O–H groups in total. The number of fused-ring (bicyclic) bond motifs is 1. The summed E-state index contributed by atoms with van der Waals surface area (Å²) in [4.78, 5) is 6.28. The Labute approximate surface area is 116 Å².